The number of hydrogen-bond acceptors (Lipinski definition) is 6. The summed E-state index contributed by atoms with van der Waals surface area (Å²) in [5.74, 6) is 1.53. The van der Waals surface area contributed by atoms with Crippen LogP contribution in [0, 0.1) is 6.92 Å². The molecule has 8 heteroatoms. The quantitative estimate of drug-likeness (QED) is 0.454. The van der Waals surface area contributed by atoms with Crippen molar-refractivity contribution in [3.63, 3.8) is 0 Å². The number of para-hydroxylation sites is 1. The lowest BCUT2D eigenvalue weighted by Crippen LogP contribution is -2.31. The molecule has 0 spiro atoms. The van der Waals surface area contributed by atoms with E-state index in [1.54, 1.807) is 37.6 Å². The van der Waals surface area contributed by atoms with Crippen LogP contribution in [0.3, 0.4) is 0 Å². The first-order valence-electron chi connectivity index (χ1n) is 9.96. The third-order valence-electron chi connectivity index (χ3n) is 4.78. The summed E-state index contributed by atoms with van der Waals surface area (Å²) in [6, 6.07) is 19.6. The molecule has 0 radical (unpaired) electrons. The molecule has 0 aliphatic rings. The number of hydrogen-bond donors (Lipinski definition) is 2. The molecular weight excluding hydrogens is 404 g/mol. The molecule has 0 unspecified atom stereocenters. The van der Waals surface area contributed by atoms with E-state index in [0.717, 1.165) is 11.1 Å². The standard InChI is InChI=1S/C24H22N6O2/c1-16-15-18(30(23(25)31)17-7-4-3-5-8-17)10-11-21(16)32-22-19(9-6-13-27-22)20-12-14-28-24(26-2)29-20/h3-15H,1-2H3,(H2,25,31)(H,26,28,29). The zero-order valence-corrected chi connectivity index (χ0v) is 17.7. The van der Waals surface area contributed by atoms with Gasteiger partial charge in [-0.05, 0) is 61.0 Å². The highest BCUT2D eigenvalue weighted by Crippen LogP contribution is 2.34. The number of aromatic nitrogens is 3. The number of carbonyl (C=O) groups excluding carboxylic acids is 1. The lowest BCUT2D eigenvalue weighted by molar-refractivity contribution is 0.256. The normalized spacial score (nSPS) is 10.4. The first kappa shape index (κ1) is 20.8. The molecule has 0 bridgehead atoms. The molecule has 32 heavy (non-hydrogen) atoms. The van der Waals surface area contributed by atoms with E-state index >= 15 is 0 Å². The maximum Gasteiger partial charge on any atom is 0.323 e. The van der Waals surface area contributed by atoms with Crippen LogP contribution in [0.1, 0.15) is 5.56 Å². The molecule has 0 aliphatic heterocycles. The fraction of sp³-hybridized carbons (Fsp3) is 0.0833. The summed E-state index contributed by atoms with van der Waals surface area (Å²) in [6.07, 6.45) is 3.33. The number of ether oxygens (including phenoxy) is 1. The van der Waals surface area contributed by atoms with E-state index in [4.69, 9.17) is 10.5 Å². The molecule has 160 valence electrons. The van der Waals surface area contributed by atoms with Gasteiger partial charge in [0.2, 0.25) is 11.8 Å². The van der Waals surface area contributed by atoms with Gasteiger partial charge in [-0.2, -0.15) is 0 Å². The minimum absolute atomic E-state index is 0.416. The Labute approximate surface area is 185 Å². The SMILES string of the molecule is CNc1nccc(-c2cccnc2Oc2ccc(N(C(N)=O)c3ccccc3)cc2C)n1. The van der Waals surface area contributed by atoms with Crippen LogP contribution in [0.5, 0.6) is 11.6 Å². The van der Waals surface area contributed by atoms with E-state index in [1.807, 2.05) is 55.5 Å². The van der Waals surface area contributed by atoms with E-state index in [1.165, 1.54) is 4.90 Å². The predicted molar refractivity (Wildman–Crippen MR) is 124 cm³/mol. The van der Waals surface area contributed by atoms with Crippen molar-refractivity contribution in [3.8, 4) is 22.9 Å². The number of amides is 2. The number of nitrogens with zero attached hydrogens (tertiary/aromatic N) is 4. The number of anilines is 3. The van der Waals surface area contributed by atoms with Crippen molar-refractivity contribution in [1.29, 1.82) is 0 Å². The van der Waals surface area contributed by atoms with Crippen LogP contribution in [-0.4, -0.2) is 28.0 Å². The molecule has 2 heterocycles. The number of pyridine rings is 1. The summed E-state index contributed by atoms with van der Waals surface area (Å²) in [7, 11) is 1.76. The van der Waals surface area contributed by atoms with E-state index in [-0.39, 0.29) is 0 Å². The summed E-state index contributed by atoms with van der Waals surface area (Å²) in [5, 5.41) is 2.93. The molecule has 2 aromatic carbocycles. The van der Waals surface area contributed by atoms with E-state index in [0.29, 0.717) is 34.6 Å². The van der Waals surface area contributed by atoms with Crippen molar-refractivity contribution in [2.45, 2.75) is 6.92 Å². The van der Waals surface area contributed by atoms with Crippen LogP contribution in [0.15, 0.2) is 79.1 Å². The maximum atomic E-state index is 12.1. The minimum atomic E-state index is -0.569. The summed E-state index contributed by atoms with van der Waals surface area (Å²) < 4.78 is 6.14. The second kappa shape index (κ2) is 9.13. The highest BCUT2D eigenvalue weighted by molar-refractivity contribution is 5.98. The van der Waals surface area contributed by atoms with Gasteiger partial charge in [0.25, 0.3) is 0 Å². The third-order valence-corrected chi connectivity index (χ3v) is 4.78. The fourth-order valence-electron chi connectivity index (χ4n) is 3.27. The largest absolute Gasteiger partial charge is 0.438 e. The lowest BCUT2D eigenvalue weighted by atomic mass is 10.1. The highest BCUT2D eigenvalue weighted by atomic mass is 16.5. The zero-order chi connectivity index (χ0) is 22.5. The Morgan fingerprint density at radius 1 is 0.969 bits per heavy atom. The smallest absolute Gasteiger partial charge is 0.323 e. The molecule has 3 N–H and O–H groups in total. The number of benzene rings is 2. The van der Waals surface area contributed by atoms with Gasteiger partial charge in [-0.25, -0.2) is 19.7 Å². The number of primary amides is 1. The molecule has 0 fully saturated rings. The van der Waals surface area contributed by atoms with Crippen molar-refractivity contribution >= 4 is 23.4 Å². The second-order valence-electron chi connectivity index (χ2n) is 6.93. The summed E-state index contributed by atoms with van der Waals surface area (Å²) in [5.41, 5.74) is 9.22. The van der Waals surface area contributed by atoms with Gasteiger partial charge in [-0.15, -0.1) is 0 Å². The van der Waals surface area contributed by atoms with Gasteiger partial charge in [-0.1, -0.05) is 18.2 Å². The number of nitrogens with one attached hydrogen (secondary N) is 1. The number of urea groups is 1. The van der Waals surface area contributed by atoms with Crippen molar-refractivity contribution in [2.24, 2.45) is 5.73 Å². The lowest BCUT2D eigenvalue weighted by Gasteiger charge is -2.22. The highest BCUT2D eigenvalue weighted by Gasteiger charge is 2.17. The van der Waals surface area contributed by atoms with Crippen molar-refractivity contribution < 1.29 is 9.53 Å². The van der Waals surface area contributed by atoms with E-state index in [2.05, 4.69) is 20.3 Å². The topological polar surface area (TPSA) is 106 Å². The number of nitrogens with two attached hydrogens (primary N) is 1. The van der Waals surface area contributed by atoms with E-state index in [9.17, 15) is 4.79 Å². The Bertz CT molecular complexity index is 1250. The van der Waals surface area contributed by atoms with Crippen LogP contribution >= 0.6 is 0 Å². The van der Waals surface area contributed by atoms with Crippen LogP contribution < -0.4 is 20.7 Å². The van der Waals surface area contributed by atoms with Crippen LogP contribution in [-0.2, 0) is 0 Å². The third kappa shape index (κ3) is 4.34. The number of rotatable bonds is 6. The van der Waals surface area contributed by atoms with Gasteiger partial charge in [0.1, 0.15) is 5.75 Å². The van der Waals surface area contributed by atoms with Gasteiger partial charge in [0, 0.05) is 19.4 Å². The molecule has 0 atom stereocenters. The Morgan fingerprint density at radius 3 is 2.50 bits per heavy atom. The average Bonchev–Trinajstić information content (AvgIpc) is 2.82. The number of aryl methyl sites for hydroxylation is 1. The fourth-order valence-corrected chi connectivity index (χ4v) is 3.27. The Hall–Kier alpha value is -4.46. The summed E-state index contributed by atoms with van der Waals surface area (Å²) >= 11 is 0. The van der Waals surface area contributed by atoms with Crippen molar-refractivity contribution in [2.75, 3.05) is 17.3 Å². The van der Waals surface area contributed by atoms with E-state index < -0.39 is 6.03 Å². The van der Waals surface area contributed by atoms with Gasteiger partial charge in [0.05, 0.1) is 22.6 Å². The van der Waals surface area contributed by atoms with Gasteiger partial charge in [-0.3, -0.25) is 4.90 Å². The van der Waals surface area contributed by atoms with Gasteiger partial charge in [0.15, 0.2) is 0 Å². The Morgan fingerprint density at radius 2 is 1.78 bits per heavy atom. The van der Waals surface area contributed by atoms with Gasteiger partial charge >= 0.3 is 6.03 Å². The maximum absolute atomic E-state index is 12.1. The summed E-state index contributed by atoms with van der Waals surface area (Å²) in [6.45, 7) is 1.90. The first-order valence-corrected chi connectivity index (χ1v) is 9.96. The van der Waals surface area contributed by atoms with Gasteiger partial charge < -0.3 is 15.8 Å². The minimum Gasteiger partial charge on any atom is -0.438 e. The summed E-state index contributed by atoms with van der Waals surface area (Å²) in [4.78, 5) is 26.6. The van der Waals surface area contributed by atoms with Crippen LogP contribution in [0.4, 0.5) is 22.1 Å². The molecule has 0 saturated carbocycles. The molecule has 8 nitrogen and oxygen atoms in total. The predicted octanol–water partition coefficient (Wildman–Crippen LogP) is 4.90. The molecule has 4 rings (SSSR count). The molecule has 2 amide bonds. The van der Waals surface area contributed by atoms with Crippen LogP contribution in [0.25, 0.3) is 11.3 Å². The average molecular weight is 426 g/mol. The zero-order valence-electron chi connectivity index (χ0n) is 17.7. The Kier molecular flexibility index (Phi) is 5.94. The first-order chi connectivity index (χ1) is 15.6. The molecule has 2 aromatic heterocycles. The molecule has 0 aliphatic carbocycles. The van der Waals surface area contributed by atoms with Crippen molar-refractivity contribution in [3.05, 3.63) is 84.7 Å². The molecular formula is C24H22N6O2. The monoisotopic (exact) mass is 426 g/mol. The second-order valence-corrected chi connectivity index (χ2v) is 6.93. The molecule has 0 saturated heterocycles. The number of carbonyl (C=O) groups is 1. The molecule has 4 aromatic rings. The van der Waals surface area contributed by atoms with Crippen LogP contribution in [0.2, 0.25) is 0 Å². The van der Waals surface area contributed by atoms with Crippen molar-refractivity contribution in [1.82, 2.24) is 15.0 Å². The Balaban J connectivity index is 1.66.